The molecule has 1 amide bonds. The van der Waals surface area contributed by atoms with Crippen molar-refractivity contribution in [3.63, 3.8) is 0 Å². The molecule has 2 heterocycles. The Labute approximate surface area is 183 Å². The molecule has 0 saturated carbocycles. The van der Waals surface area contributed by atoms with Gasteiger partial charge < -0.3 is 9.64 Å². The van der Waals surface area contributed by atoms with Gasteiger partial charge in [-0.05, 0) is 99.5 Å². The third-order valence-electron chi connectivity index (χ3n) is 6.23. The minimum Gasteiger partial charge on any atom is -0.481 e. The molecule has 2 aromatic carbocycles. The summed E-state index contributed by atoms with van der Waals surface area (Å²) < 4.78 is 19.8. The largest absolute Gasteiger partial charge is 0.481 e. The first-order chi connectivity index (χ1) is 14.8. The van der Waals surface area contributed by atoms with E-state index in [1.807, 2.05) is 49.9 Å². The molecule has 5 heteroatoms. The molecule has 0 aliphatic carbocycles. The number of halogens is 1. The van der Waals surface area contributed by atoms with E-state index in [4.69, 9.17) is 4.74 Å². The normalized spacial score (nSPS) is 17.6. The molecule has 1 fully saturated rings. The average molecular weight is 421 g/mol. The molecule has 1 saturated heterocycles. The number of rotatable bonds is 4. The van der Waals surface area contributed by atoms with Crippen molar-refractivity contribution in [2.24, 2.45) is 0 Å². The molecule has 4 nitrogen and oxygen atoms in total. The van der Waals surface area contributed by atoms with E-state index in [0.29, 0.717) is 5.75 Å². The van der Waals surface area contributed by atoms with Crippen LogP contribution in [-0.4, -0.2) is 34.5 Å². The van der Waals surface area contributed by atoms with E-state index in [1.165, 1.54) is 6.42 Å². The van der Waals surface area contributed by atoms with Crippen molar-refractivity contribution in [2.45, 2.75) is 59.1 Å². The zero-order valence-corrected chi connectivity index (χ0v) is 18.6. The summed E-state index contributed by atoms with van der Waals surface area (Å²) in [6, 6.07) is 11.1. The van der Waals surface area contributed by atoms with Gasteiger partial charge in [0, 0.05) is 30.2 Å². The summed E-state index contributed by atoms with van der Waals surface area (Å²) in [5.74, 6) is 0.427. The second-order valence-electron chi connectivity index (χ2n) is 8.59. The Morgan fingerprint density at radius 2 is 1.90 bits per heavy atom. The van der Waals surface area contributed by atoms with Crippen molar-refractivity contribution in [1.82, 2.24) is 9.88 Å². The van der Waals surface area contributed by atoms with Gasteiger partial charge in [0.25, 0.3) is 5.91 Å². The first-order valence-electron chi connectivity index (χ1n) is 11.0. The number of benzene rings is 2. The van der Waals surface area contributed by atoms with Crippen LogP contribution in [0.4, 0.5) is 4.39 Å². The van der Waals surface area contributed by atoms with Crippen LogP contribution in [0.25, 0.3) is 22.0 Å². The number of nitrogens with zero attached hydrogens (tertiary/aromatic N) is 2. The monoisotopic (exact) mass is 420 g/mol. The van der Waals surface area contributed by atoms with Crippen LogP contribution in [0.15, 0.2) is 42.6 Å². The number of carbonyl (C=O) groups is 1. The van der Waals surface area contributed by atoms with Gasteiger partial charge in [0.2, 0.25) is 0 Å². The smallest absolute Gasteiger partial charge is 0.263 e. The molecule has 0 radical (unpaired) electrons. The van der Waals surface area contributed by atoms with Crippen LogP contribution >= 0.6 is 0 Å². The van der Waals surface area contributed by atoms with Gasteiger partial charge in [-0.1, -0.05) is 0 Å². The number of likely N-dealkylation sites (tertiary alicyclic amines) is 1. The minimum absolute atomic E-state index is 0.0339. The number of hydrogen-bond donors (Lipinski definition) is 0. The molecule has 0 spiro atoms. The quantitative estimate of drug-likeness (QED) is 0.534. The Hall–Kier alpha value is -2.95. The number of aryl methyl sites for hydroxylation is 2. The van der Waals surface area contributed by atoms with Gasteiger partial charge in [-0.15, -0.1) is 0 Å². The molecule has 31 heavy (non-hydrogen) atoms. The average Bonchev–Trinajstić information content (AvgIpc) is 2.73. The molecule has 2 unspecified atom stereocenters. The molecular weight excluding hydrogens is 391 g/mol. The number of carbonyl (C=O) groups excluding carboxylic acids is 1. The van der Waals surface area contributed by atoms with E-state index < -0.39 is 6.10 Å². The highest BCUT2D eigenvalue weighted by molar-refractivity contribution is 5.96. The fraction of sp³-hybridized carbons (Fsp3) is 0.385. The summed E-state index contributed by atoms with van der Waals surface area (Å²) in [6.07, 6.45) is 4.47. The highest BCUT2D eigenvalue weighted by atomic mass is 19.1. The van der Waals surface area contributed by atoms with Crippen LogP contribution in [0.1, 0.15) is 44.2 Å². The zero-order valence-electron chi connectivity index (χ0n) is 18.6. The number of ether oxygens (including phenoxy) is 1. The Kier molecular flexibility index (Phi) is 5.94. The Morgan fingerprint density at radius 1 is 1.16 bits per heavy atom. The SMILES string of the molecule is Cc1cc(F)cc(C)c1-c1ccnc2cc(OC(C)C(=O)N3CCCCC3C)ccc12. The van der Waals surface area contributed by atoms with Gasteiger partial charge in [-0.25, -0.2) is 4.39 Å². The predicted molar refractivity (Wildman–Crippen MR) is 122 cm³/mol. The highest BCUT2D eigenvalue weighted by Crippen LogP contribution is 2.34. The third-order valence-corrected chi connectivity index (χ3v) is 6.23. The molecule has 4 rings (SSSR count). The number of pyridine rings is 1. The van der Waals surface area contributed by atoms with E-state index in [-0.39, 0.29) is 17.8 Å². The third kappa shape index (κ3) is 4.27. The Balaban J connectivity index is 1.62. The van der Waals surface area contributed by atoms with Crippen LogP contribution in [0.2, 0.25) is 0 Å². The lowest BCUT2D eigenvalue weighted by Crippen LogP contribution is -2.47. The molecule has 0 bridgehead atoms. The van der Waals surface area contributed by atoms with E-state index in [9.17, 15) is 9.18 Å². The van der Waals surface area contributed by atoms with Crippen LogP contribution in [-0.2, 0) is 4.79 Å². The fourth-order valence-corrected chi connectivity index (χ4v) is 4.67. The molecular formula is C26H29FN2O2. The summed E-state index contributed by atoms with van der Waals surface area (Å²) in [5.41, 5.74) is 4.59. The van der Waals surface area contributed by atoms with Crippen molar-refractivity contribution >= 4 is 16.8 Å². The standard InChI is InChI=1S/C26H29FN2O2/c1-16-13-20(27)14-17(2)25(16)23-10-11-28-24-15-21(8-9-22(23)24)31-19(4)26(30)29-12-6-5-7-18(29)3/h8-11,13-15,18-19H,5-7,12H2,1-4H3. The second-order valence-corrected chi connectivity index (χ2v) is 8.59. The molecule has 1 aromatic heterocycles. The second kappa shape index (κ2) is 8.66. The van der Waals surface area contributed by atoms with Crippen LogP contribution < -0.4 is 4.74 Å². The van der Waals surface area contributed by atoms with E-state index in [1.54, 1.807) is 18.3 Å². The topological polar surface area (TPSA) is 42.4 Å². The fourth-order valence-electron chi connectivity index (χ4n) is 4.67. The molecule has 0 N–H and O–H groups in total. The van der Waals surface area contributed by atoms with Gasteiger partial charge in [-0.2, -0.15) is 0 Å². The van der Waals surface area contributed by atoms with Gasteiger partial charge in [-0.3, -0.25) is 9.78 Å². The Bertz CT molecular complexity index is 1100. The van der Waals surface area contributed by atoms with E-state index in [0.717, 1.165) is 52.5 Å². The lowest BCUT2D eigenvalue weighted by molar-refractivity contribution is -0.141. The van der Waals surface area contributed by atoms with Crippen molar-refractivity contribution in [3.05, 3.63) is 59.5 Å². The highest BCUT2D eigenvalue weighted by Gasteiger charge is 2.28. The van der Waals surface area contributed by atoms with Gasteiger partial charge >= 0.3 is 0 Å². The van der Waals surface area contributed by atoms with Crippen molar-refractivity contribution in [3.8, 4) is 16.9 Å². The zero-order chi connectivity index (χ0) is 22.1. The number of aromatic nitrogens is 1. The number of fused-ring (bicyclic) bond motifs is 1. The number of hydrogen-bond acceptors (Lipinski definition) is 3. The van der Waals surface area contributed by atoms with Gasteiger partial charge in [0.1, 0.15) is 11.6 Å². The van der Waals surface area contributed by atoms with Crippen molar-refractivity contribution in [2.75, 3.05) is 6.54 Å². The molecule has 1 aliphatic rings. The minimum atomic E-state index is -0.553. The van der Waals surface area contributed by atoms with E-state index >= 15 is 0 Å². The van der Waals surface area contributed by atoms with Crippen LogP contribution in [0.3, 0.4) is 0 Å². The summed E-state index contributed by atoms with van der Waals surface area (Å²) >= 11 is 0. The van der Waals surface area contributed by atoms with Crippen LogP contribution in [0.5, 0.6) is 5.75 Å². The van der Waals surface area contributed by atoms with Gasteiger partial charge in [0.05, 0.1) is 5.52 Å². The molecule has 2 atom stereocenters. The van der Waals surface area contributed by atoms with Gasteiger partial charge in [0.15, 0.2) is 6.10 Å². The first kappa shape index (κ1) is 21.3. The lowest BCUT2D eigenvalue weighted by atomic mass is 9.93. The lowest BCUT2D eigenvalue weighted by Gasteiger charge is -2.35. The summed E-state index contributed by atoms with van der Waals surface area (Å²) in [5, 5.41) is 0.969. The van der Waals surface area contributed by atoms with Crippen LogP contribution in [0, 0.1) is 19.7 Å². The summed E-state index contributed by atoms with van der Waals surface area (Å²) in [4.78, 5) is 19.3. The summed E-state index contributed by atoms with van der Waals surface area (Å²) in [7, 11) is 0. The number of piperidine rings is 1. The maximum atomic E-state index is 13.8. The number of amides is 1. The maximum absolute atomic E-state index is 13.8. The first-order valence-corrected chi connectivity index (χ1v) is 11.0. The molecule has 1 aliphatic heterocycles. The van der Waals surface area contributed by atoms with Crippen molar-refractivity contribution in [1.29, 1.82) is 0 Å². The Morgan fingerprint density at radius 3 is 2.61 bits per heavy atom. The summed E-state index contributed by atoms with van der Waals surface area (Å²) in [6.45, 7) is 8.55. The van der Waals surface area contributed by atoms with E-state index in [2.05, 4.69) is 11.9 Å². The maximum Gasteiger partial charge on any atom is 0.263 e. The molecule has 3 aromatic rings. The van der Waals surface area contributed by atoms with Crippen molar-refractivity contribution < 1.29 is 13.9 Å². The molecule has 162 valence electrons. The predicted octanol–water partition coefficient (Wildman–Crippen LogP) is 5.83.